The number of carbonyl (C=O) groups excluding carboxylic acids is 1. The predicted molar refractivity (Wildman–Crippen MR) is 115 cm³/mol. The van der Waals surface area contributed by atoms with E-state index in [-0.39, 0.29) is 22.9 Å². The second-order valence-corrected chi connectivity index (χ2v) is 7.26. The van der Waals surface area contributed by atoms with Crippen LogP contribution in [0.4, 0.5) is 18.9 Å². The van der Waals surface area contributed by atoms with Gasteiger partial charge < -0.3 is 19.5 Å². The molecule has 32 heavy (non-hydrogen) atoms. The van der Waals surface area contributed by atoms with Gasteiger partial charge in [0.05, 0.1) is 19.8 Å². The maximum Gasteiger partial charge on any atom is 0.417 e. The molecule has 0 radical (unpaired) electrons. The molecule has 0 saturated carbocycles. The highest BCUT2D eigenvalue weighted by Crippen LogP contribution is 2.37. The van der Waals surface area contributed by atoms with Crippen molar-refractivity contribution in [2.75, 3.05) is 25.8 Å². The lowest BCUT2D eigenvalue weighted by Gasteiger charge is -2.15. The number of aromatic nitrogens is 1. The van der Waals surface area contributed by atoms with Crippen LogP contribution in [0.5, 0.6) is 23.1 Å². The third-order valence-corrected chi connectivity index (χ3v) is 5.05. The van der Waals surface area contributed by atoms with Crippen LogP contribution in [0.2, 0.25) is 0 Å². The van der Waals surface area contributed by atoms with E-state index < -0.39 is 17.6 Å². The third-order valence-electron chi connectivity index (χ3n) is 4.33. The van der Waals surface area contributed by atoms with Crippen molar-refractivity contribution in [2.45, 2.75) is 11.1 Å². The van der Waals surface area contributed by atoms with E-state index in [9.17, 15) is 18.0 Å². The highest BCUT2D eigenvalue weighted by atomic mass is 32.2. The summed E-state index contributed by atoms with van der Waals surface area (Å²) >= 11 is 1.46. The van der Waals surface area contributed by atoms with E-state index >= 15 is 0 Å². The summed E-state index contributed by atoms with van der Waals surface area (Å²) in [6, 6.07) is 12.2. The van der Waals surface area contributed by atoms with Crippen molar-refractivity contribution in [3.63, 3.8) is 0 Å². The van der Waals surface area contributed by atoms with Gasteiger partial charge in [0.25, 0.3) is 5.91 Å². The zero-order chi connectivity index (χ0) is 23.3. The number of ether oxygens (including phenoxy) is 3. The van der Waals surface area contributed by atoms with Crippen LogP contribution in [-0.2, 0) is 6.18 Å². The van der Waals surface area contributed by atoms with E-state index in [0.29, 0.717) is 23.7 Å². The van der Waals surface area contributed by atoms with Gasteiger partial charge in [-0.1, -0.05) is 6.07 Å². The Labute approximate surface area is 186 Å². The number of thioether (sulfide) groups is 1. The Morgan fingerprint density at radius 1 is 1.03 bits per heavy atom. The molecule has 10 heteroatoms. The first kappa shape index (κ1) is 23.3. The second kappa shape index (κ2) is 9.82. The van der Waals surface area contributed by atoms with Crippen LogP contribution in [0.1, 0.15) is 15.9 Å². The van der Waals surface area contributed by atoms with Gasteiger partial charge in [-0.15, -0.1) is 11.8 Å². The third kappa shape index (κ3) is 5.44. The topological polar surface area (TPSA) is 69.7 Å². The van der Waals surface area contributed by atoms with E-state index in [1.165, 1.54) is 38.1 Å². The normalized spacial score (nSPS) is 11.1. The Morgan fingerprint density at radius 2 is 1.81 bits per heavy atom. The molecule has 0 aliphatic heterocycles. The lowest BCUT2D eigenvalue weighted by molar-refractivity contribution is -0.137. The van der Waals surface area contributed by atoms with Crippen molar-refractivity contribution in [2.24, 2.45) is 0 Å². The number of alkyl halides is 3. The van der Waals surface area contributed by atoms with Crippen molar-refractivity contribution in [1.82, 2.24) is 4.98 Å². The van der Waals surface area contributed by atoms with E-state index in [1.807, 2.05) is 12.3 Å². The summed E-state index contributed by atoms with van der Waals surface area (Å²) in [6.07, 6.45) is -2.21. The largest absolute Gasteiger partial charge is 0.497 e. The monoisotopic (exact) mass is 464 g/mol. The van der Waals surface area contributed by atoms with Crippen molar-refractivity contribution in [3.05, 3.63) is 65.9 Å². The Morgan fingerprint density at radius 3 is 2.47 bits per heavy atom. The minimum Gasteiger partial charge on any atom is -0.497 e. The van der Waals surface area contributed by atoms with Gasteiger partial charge in [-0.3, -0.25) is 4.79 Å². The first-order valence-electron chi connectivity index (χ1n) is 9.17. The number of benzene rings is 2. The molecule has 0 aliphatic carbocycles. The molecule has 0 spiro atoms. The van der Waals surface area contributed by atoms with Gasteiger partial charge in [-0.25, -0.2) is 4.98 Å². The maximum absolute atomic E-state index is 13.3. The molecule has 1 heterocycles. The molecule has 3 rings (SSSR count). The summed E-state index contributed by atoms with van der Waals surface area (Å²) in [7, 11) is 2.87. The van der Waals surface area contributed by atoms with Crippen LogP contribution in [0, 0.1) is 0 Å². The lowest BCUT2D eigenvalue weighted by atomic mass is 10.1. The minimum absolute atomic E-state index is 0.152. The number of hydrogen-bond acceptors (Lipinski definition) is 6. The van der Waals surface area contributed by atoms with Crippen molar-refractivity contribution in [1.29, 1.82) is 0 Å². The highest BCUT2D eigenvalue weighted by molar-refractivity contribution is 7.98. The van der Waals surface area contributed by atoms with Gasteiger partial charge in [0.2, 0.25) is 5.88 Å². The number of pyridine rings is 1. The SMILES string of the molecule is COc1ccc(Oc2ncc(C(F)(F)F)cc2C(=O)Nc2cccc(SC)c2)c(OC)c1. The summed E-state index contributed by atoms with van der Waals surface area (Å²) in [5.74, 6) is -0.213. The second-order valence-electron chi connectivity index (χ2n) is 6.38. The molecule has 2 aromatic carbocycles. The van der Waals surface area contributed by atoms with E-state index in [4.69, 9.17) is 14.2 Å². The molecule has 0 fully saturated rings. The van der Waals surface area contributed by atoms with Crippen LogP contribution >= 0.6 is 11.8 Å². The fourth-order valence-electron chi connectivity index (χ4n) is 2.71. The van der Waals surface area contributed by atoms with Gasteiger partial charge in [0, 0.05) is 22.8 Å². The number of rotatable bonds is 7. The fraction of sp³-hybridized carbons (Fsp3) is 0.182. The molecule has 0 aliphatic rings. The van der Waals surface area contributed by atoms with Crippen molar-refractivity contribution >= 4 is 23.4 Å². The number of nitrogens with one attached hydrogen (secondary N) is 1. The first-order chi connectivity index (χ1) is 15.2. The lowest BCUT2D eigenvalue weighted by Crippen LogP contribution is -2.16. The number of anilines is 1. The van der Waals surface area contributed by atoms with Crippen molar-refractivity contribution < 1.29 is 32.2 Å². The molecule has 1 aromatic heterocycles. The zero-order valence-electron chi connectivity index (χ0n) is 17.3. The Hall–Kier alpha value is -3.40. The molecule has 3 aromatic rings. The van der Waals surface area contributed by atoms with Crippen LogP contribution < -0.4 is 19.5 Å². The molecular formula is C22H19F3N2O4S. The number of carbonyl (C=O) groups is 1. The van der Waals surface area contributed by atoms with Crippen LogP contribution in [0.3, 0.4) is 0 Å². The van der Waals surface area contributed by atoms with Gasteiger partial charge >= 0.3 is 6.18 Å². The Balaban J connectivity index is 2.00. The summed E-state index contributed by atoms with van der Waals surface area (Å²) in [5, 5.41) is 2.59. The minimum atomic E-state index is -4.68. The van der Waals surface area contributed by atoms with Gasteiger partial charge in [-0.2, -0.15) is 13.2 Å². The Kier molecular flexibility index (Phi) is 7.14. The maximum atomic E-state index is 13.3. The molecular weight excluding hydrogens is 445 g/mol. The number of hydrogen-bond donors (Lipinski definition) is 1. The summed E-state index contributed by atoms with van der Waals surface area (Å²) in [6.45, 7) is 0. The summed E-state index contributed by atoms with van der Waals surface area (Å²) in [5.41, 5.74) is -1.03. The molecule has 168 valence electrons. The first-order valence-corrected chi connectivity index (χ1v) is 10.4. The molecule has 0 unspecified atom stereocenters. The highest BCUT2D eigenvalue weighted by Gasteiger charge is 2.33. The summed E-state index contributed by atoms with van der Waals surface area (Å²) in [4.78, 5) is 17.5. The average molecular weight is 464 g/mol. The molecule has 0 saturated heterocycles. The Bertz CT molecular complexity index is 1120. The number of nitrogens with zero attached hydrogens (tertiary/aromatic N) is 1. The summed E-state index contributed by atoms with van der Waals surface area (Å²) < 4.78 is 55.8. The zero-order valence-corrected chi connectivity index (χ0v) is 18.1. The quantitative estimate of drug-likeness (QED) is 0.440. The van der Waals surface area contributed by atoms with Crippen molar-refractivity contribution in [3.8, 4) is 23.1 Å². The molecule has 0 atom stereocenters. The predicted octanol–water partition coefficient (Wildman–Crippen LogP) is 5.88. The van der Waals surface area contributed by atoms with E-state index in [0.717, 1.165) is 4.90 Å². The smallest absolute Gasteiger partial charge is 0.417 e. The van der Waals surface area contributed by atoms with Gasteiger partial charge in [0.1, 0.15) is 11.3 Å². The van der Waals surface area contributed by atoms with Crippen LogP contribution in [-0.4, -0.2) is 31.4 Å². The standard InChI is InChI=1S/C22H19F3N2O4S/c1-29-15-7-8-18(19(11-15)30-2)31-21-17(9-13(12-26-21)22(23,24)25)20(28)27-14-5-4-6-16(10-14)32-3/h4-12H,1-3H3,(H,27,28). The number of methoxy groups -OCH3 is 2. The molecule has 6 nitrogen and oxygen atoms in total. The number of amides is 1. The van der Waals surface area contributed by atoms with E-state index in [2.05, 4.69) is 10.3 Å². The van der Waals surface area contributed by atoms with Gasteiger partial charge in [-0.05, 0) is 42.7 Å². The fourth-order valence-corrected chi connectivity index (χ4v) is 3.17. The van der Waals surface area contributed by atoms with Crippen LogP contribution in [0.25, 0.3) is 0 Å². The molecule has 1 N–H and O–H groups in total. The van der Waals surface area contributed by atoms with Gasteiger partial charge in [0.15, 0.2) is 11.5 Å². The molecule has 0 bridgehead atoms. The number of halogens is 3. The van der Waals surface area contributed by atoms with E-state index in [1.54, 1.807) is 24.3 Å². The molecule has 1 amide bonds. The average Bonchev–Trinajstić information content (AvgIpc) is 2.78. The van der Waals surface area contributed by atoms with Crippen LogP contribution in [0.15, 0.2) is 59.6 Å².